The van der Waals surface area contributed by atoms with E-state index >= 15 is 0 Å². The summed E-state index contributed by atoms with van der Waals surface area (Å²) in [7, 11) is 1.83. The van der Waals surface area contributed by atoms with Crippen LogP contribution >= 0.6 is 0 Å². The molecule has 9 heavy (non-hydrogen) atoms. The summed E-state index contributed by atoms with van der Waals surface area (Å²) in [5.41, 5.74) is 5.22. The number of hydrogen-bond acceptors (Lipinski definition) is 1. The van der Waals surface area contributed by atoms with Gasteiger partial charge in [-0.2, -0.15) is 0 Å². The lowest BCUT2D eigenvalue weighted by Gasteiger charge is -2.23. The minimum absolute atomic E-state index is 0.143. The second kappa shape index (κ2) is 3.33. The highest BCUT2D eigenvalue weighted by Gasteiger charge is 2.05. The maximum absolute atomic E-state index is 7.04. The molecule has 0 saturated heterocycles. The van der Waals surface area contributed by atoms with Gasteiger partial charge in [-0.15, -0.1) is 0 Å². The van der Waals surface area contributed by atoms with Crippen LogP contribution in [0.25, 0.3) is 0 Å². The summed E-state index contributed by atoms with van der Waals surface area (Å²) in [6.45, 7) is 4.12. The van der Waals surface area contributed by atoms with Crippen LogP contribution in [0.4, 0.5) is 0 Å². The van der Waals surface area contributed by atoms with Crippen LogP contribution in [-0.4, -0.2) is 23.9 Å². The Kier molecular flexibility index (Phi) is 3.06. The van der Waals surface area contributed by atoms with E-state index in [1.54, 1.807) is 4.90 Å². The van der Waals surface area contributed by atoms with Crippen molar-refractivity contribution in [3.05, 3.63) is 0 Å². The molecular weight excluding hydrogens is 114 g/mol. The van der Waals surface area contributed by atoms with Crippen molar-refractivity contribution < 1.29 is 0 Å². The maximum atomic E-state index is 7.04. The zero-order valence-electron chi connectivity index (χ0n) is 6.31. The average molecular weight is 129 g/mol. The molecule has 1 unspecified atom stereocenters. The maximum Gasteiger partial charge on any atom is 0.188 e. The van der Waals surface area contributed by atoms with Crippen LogP contribution in [0.3, 0.4) is 0 Å². The van der Waals surface area contributed by atoms with Crippen molar-refractivity contribution >= 4 is 5.96 Å². The first-order valence-electron chi connectivity index (χ1n) is 3.16. The lowest BCUT2D eigenvalue weighted by molar-refractivity contribution is 0.375. The molecule has 3 N–H and O–H groups in total. The Labute approximate surface area is 56.3 Å². The summed E-state index contributed by atoms with van der Waals surface area (Å²) in [6, 6.07) is 0.377. The van der Waals surface area contributed by atoms with Crippen LogP contribution in [0.5, 0.6) is 0 Å². The Morgan fingerprint density at radius 2 is 2.22 bits per heavy atom. The Morgan fingerprint density at radius 1 is 1.78 bits per heavy atom. The Morgan fingerprint density at radius 3 is 2.33 bits per heavy atom. The van der Waals surface area contributed by atoms with Crippen LogP contribution in [-0.2, 0) is 0 Å². The van der Waals surface area contributed by atoms with E-state index in [0.717, 1.165) is 6.42 Å². The van der Waals surface area contributed by atoms with Gasteiger partial charge in [-0.05, 0) is 13.3 Å². The highest BCUT2D eigenvalue weighted by atomic mass is 15.2. The monoisotopic (exact) mass is 129 g/mol. The van der Waals surface area contributed by atoms with Crippen molar-refractivity contribution in [1.82, 2.24) is 4.90 Å². The first kappa shape index (κ1) is 8.27. The van der Waals surface area contributed by atoms with Gasteiger partial charge in [-0.1, -0.05) is 6.92 Å². The highest BCUT2D eigenvalue weighted by Crippen LogP contribution is 1.97. The molecule has 0 aromatic carbocycles. The van der Waals surface area contributed by atoms with E-state index in [2.05, 4.69) is 6.92 Å². The van der Waals surface area contributed by atoms with Crippen LogP contribution in [0.15, 0.2) is 0 Å². The third kappa shape index (κ3) is 2.35. The third-order valence-electron chi connectivity index (χ3n) is 1.63. The van der Waals surface area contributed by atoms with E-state index in [1.165, 1.54) is 0 Å². The number of rotatable bonds is 2. The number of nitrogens with one attached hydrogen (secondary N) is 1. The summed E-state index contributed by atoms with van der Waals surface area (Å²) in [5.74, 6) is 0.143. The molecule has 1 atom stereocenters. The first-order valence-corrected chi connectivity index (χ1v) is 3.16. The summed E-state index contributed by atoms with van der Waals surface area (Å²) >= 11 is 0. The molecule has 0 rings (SSSR count). The molecule has 0 heterocycles. The molecule has 0 aliphatic rings. The molecule has 3 heteroatoms. The SMILES string of the molecule is CCC(C)N(C)C(=N)N. The fraction of sp³-hybridized carbons (Fsp3) is 0.833. The Balaban J connectivity index is 3.72. The quantitative estimate of drug-likeness (QED) is 0.424. The van der Waals surface area contributed by atoms with Crippen molar-refractivity contribution in [2.75, 3.05) is 7.05 Å². The number of guanidine groups is 1. The molecule has 0 aliphatic heterocycles. The highest BCUT2D eigenvalue weighted by molar-refractivity contribution is 5.74. The van der Waals surface area contributed by atoms with Crippen molar-refractivity contribution in [1.29, 1.82) is 5.41 Å². The van der Waals surface area contributed by atoms with Gasteiger partial charge in [0.25, 0.3) is 0 Å². The zero-order chi connectivity index (χ0) is 7.44. The minimum atomic E-state index is 0.143. The normalized spacial score (nSPS) is 12.8. The van der Waals surface area contributed by atoms with Gasteiger partial charge < -0.3 is 10.6 Å². The second-order valence-electron chi connectivity index (χ2n) is 2.25. The largest absolute Gasteiger partial charge is 0.370 e. The van der Waals surface area contributed by atoms with Gasteiger partial charge in [0.1, 0.15) is 0 Å². The molecule has 0 bridgehead atoms. The summed E-state index contributed by atoms with van der Waals surface area (Å²) in [6.07, 6.45) is 1.02. The number of nitrogens with zero attached hydrogens (tertiary/aromatic N) is 1. The molecular formula is C6H15N3. The lowest BCUT2D eigenvalue weighted by atomic mass is 10.2. The molecule has 0 aromatic rings. The standard InChI is InChI=1S/C6H15N3/c1-4-5(2)9(3)6(7)8/h5H,4H2,1-3H3,(H3,7,8). The minimum Gasteiger partial charge on any atom is -0.370 e. The molecule has 0 saturated carbocycles. The molecule has 54 valence electrons. The number of hydrogen-bond donors (Lipinski definition) is 2. The van der Waals surface area contributed by atoms with E-state index in [1.807, 2.05) is 14.0 Å². The smallest absolute Gasteiger partial charge is 0.188 e. The van der Waals surface area contributed by atoms with Gasteiger partial charge in [0.05, 0.1) is 0 Å². The molecule has 0 spiro atoms. The Hall–Kier alpha value is -0.730. The fourth-order valence-electron chi connectivity index (χ4n) is 0.511. The second-order valence-corrected chi connectivity index (χ2v) is 2.25. The summed E-state index contributed by atoms with van der Waals surface area (Å²) in [4.78, 5) is 1.75. The van der Waals surface area contributed by atoms with Gasteiger partial charge in [0.15, 0.2) is 5.96 Å². The molecule has 0 aliphatic carbocycles. The molecule has 0 amide bonds. The van der Waals surface area contributed by atoms with E-state index in [9.17, 15) is 0 Å². The fourth-order valence-corrected chi connectivity index (χ4v) is 0.511. The van der Waals surface area contributed by atoms with Crippen LogP contribution in [0, 0.1) is 5.41 Å². The predicted octanol–water partition coefficient (Wildman–Crippen LogP) is 0.610. The molecule has 0 aromatic heterocycles. The van der Waals surface area contributed by atoms with Gasteiger partial charge >= 0.3 is 0 Å². The van der Waals surface area contributed by atoms with Crippen molar-refractivity contribution in [3.8, 4) is 0 Å². The van der Waals surface area contributed by atoms with Crippen LogP contribution < -0.4 is 5.73 Å². The first-order chi connectivity index (χ1) is 4.09. The van der Waals surface area contributed by atoms with Crippen molar-refractivity contribution in [2.45, 2.75) is 26.3 Å². The molecule has 0 fully saturated rings. The average Bonchev–Trinajstić information content (AvgIpc) is 1.84. The van der Waals surface area contributed by atoms with E-state index in [0.29, 0.717) is 6.04 Å². The van der Waals surface area contributed by atoms with Crippen LogP contribution in [0.2, 0.25) is 0 Å². The topological polar surface area (TPSA) is 53.1 Å². The summed E-state index contributed by atoms with van der Waals surface area (Å²) < 4.78 is 0. The lowest BCUT2D eigenvalue weighted by Crippen LogP contribution is -2.39. The predicted molar refractivity (Wildman–Crippen MR) is 39.4 cm³/mol. The van der Waals surface area contributed by atoms with Crippen LogP contribution in [0.1, 0.15) is 20.3 Å². The zero-order valence-corrected chi connectivity index (χ0v) is 6.31. The van der Waals surface area contributed by atoms with Gasteiger partial charge in [0.2, 0.25) is 0 Å². The van der Waals surface area contributed by atoms with Gasteiger partial charge in [-0.3, -0.25) is 5.41 Å². The summed E-state index contributed by atoms with van der Waals surface area (Å²) in [5, 5.41) is 7.04. The number of nitrogens with two attached hydrogens (primary N) is 1. The van der Waals surface area contributed by atoms with Crippen molar-refractivity contribution in [2.24, 2.45) is 5.73 Å². The Bertz CT molecular complexity index is 100. The third-order valence-corrected chi connectivity index (χ3v) is 1.63. The van der Waals surface area contributed by atoms with E-state index in [-0.39, 0.29) is 5.96 Å². The van der Waals surface area contributed by atoms with E-state index < -0.39 is 0 Å². The van der Waals surface area contributed by atoms with Crippen molar-refractivity contribution in [3.63, 3.8) is 0 Å². The van der Waals surface area contributed by atoms with Gasteiger partial charge in [-0.25, -0.2) is 0 Å². The van der Waals surface area contributed by atoms with E-state index in [4.69, 9.17) is 11.1 Å². The molecule has 0 radical (unpaired) electrons. The van der Waals surface area contributed by atoms with Gasteiger partial charge in [0, 0.05) is 13.1 Å². The molecule has 3 nitrogen and oxygen atoms in total.